The Labute approximate surface area is 168 Å². The number of aromatic nitrogens is 2. The van der Waals surface area contributed by atoms with Crippen molar-refractivity contribution < 1.29 is 14.8 Å². The zero-order valence-electron chi connectivity index (χ0n) is 15.6. The molecule has 0 saturated heterocycles. The van der Waals surface area contributed by atoms with Gasteiger partial charge in [-0.15, -0.1) is 0 Å². The largest absolute Gasteiger partial charge is 0.488 e. The predicted molar refractivity (Wildman–Crippen MR) is 115 cm³/mol. The Kier molecular flexibility index (Phi) is 4.43. The van der Waals surface area contributed by atoms with Crippen molar-refractivity contribution in [2.45, 2.75) is 12.5 Å². The lowest BCUT2D eigenvalue weighted by Gasteiger charge is -2.22. The zero-order valence-corrected chi connectivity index (χ0v) is 15.6. The Morgan fingerprint density at radius 2 is 1.86 bits per heavy atom. The minimum atomic E-state index is -1.52. The molecule has 1 atom stereocenters. The highest BCUT2D eigenvalue weighted by atomic mass is 16.5. The standard InChI is InChI=1S/C23H19BN2O3/c27-24(28)16-6-3-8-18(14-16)29-19-9-4-7-17(15-19)26-22-12-2-1-10-20(22)21-11-5-13-25-23(21)26/h1-14,17,27-28H,15H2. The molecule has 2 aromatic carbocycles. The second-order valence-electron chi connectivity index (χ2n) is 7.10. The van der Waals surface area contributed by atoms with Crippen molar-refractivity contribution in [1.29, 1.82) is 0 Å². The summed E-state index contributed by atoms with van der Waals surface area (Å²) < 4.78 is 8.31. The molecule has 2 N–H and O–H groups in total. The van der Waals surface area contributed by atoms with Gasteiger partial charge in [0.2, 0.25) is 0 Å². The van der Waals surface area contributed by atoms with Gasteiger partial charge in [-0.2, -0.15) is 0 Å². The highest BCUT2D eigenvalue weighted by Gasteiger charge is 2.21. The van der Waals surface area contributed by atoms with E-state index in [2.05, 4.69) is 33.8 Å². The van der Waals surface area contributed by atoms with Crippen LogP contribution in [-0.2, 0) is 0 Å². The Morgan fingerprint density at radius 3 is 2.76 bits per heavy atom. The highest BCUT2D eigenvalue weighted by Crippen LogP contribution is 2.35. The van der Waals surface area contributed by atoms with Crippen LogP contribution in [0.1, 0.15) is 12.5 Å². The average Bonchev–Trinajstić information content (AvgIpc) is 3.09. The van der Waals surface area contributed by atoms with E-state index in [1.807, 2.05) is 42.6 Å². The minimum Gasteiger partial charge on any atom is -0.462 e. The Bertz CT molecular complexity index is 1210. The van der Waals surface area contributed by atoms with Gasteiger partial charge in [-0.05, 0) is 41.9 Å². The molecule has 0 fully saturated rings. The van der Waals surface area contributed by atoms with E-state index in [-0.39, 0.29) is 6.04 Å². The number of hydrogen-bond acceptors (Lipinski definition) is 4. The smallest absolute Gasteiger partial charge is 0.462 e. The van der Waals surface area contributed by atoms with E-state index < -0.39 is 7.12 Å². The van der Waals surface area contributed by atoms with Crippen LogP contribution in [0.25, 0.3) is 21.9 Å². The summed E-state index contributed by atoms with van der Waals surface area (Å²) in [6.45, 7) is 0. The average molecular weight is 382 g/mol. The number of ether oxygens (including phenoxy) is 1. The second-order valence-corrected chi connectivity index (χ2v) is 7.10. The number of benzene rings is 2. The summed E-state index contributed by atoms with van der Waals surface area (Å²) in [5, 5.41) is 21.1. The molecule has 0 saturated carbocycles. The van der Waals surface area contributed by atoms with Crippen molar-refractivity contribution >= 4 is 34.5 Å². The number of rotatable bonds is 4. The molecule has 29 heavy (non-hydrogen) atoms. The third-order valence-corrected chi connectivity index (χ3v) is 5.23. The maximum Gasteiger partial charge on any atom is 0.488 e. The number of hydrogen-bond donors (Lipinski definition) is 2. The number of allylic oxidation sites excluding steroid dienone is 4. The van der Waals surface area contributed by atoms with Gasteiger partial charge in [0.15, 0.2) is 0 Å². The third-order valence-electron chi connectivity index (χ3n) is 5.23. The van der Waals surface area contributed by atoms with Crippen molar-refractivity contribution in [3.63, 3.8) is 0 Å². The minimum absolute atomic E-state index is 0.0684. The summed E-state index contributed by atoms with van der Waals surface area (Å²) in [6.07, 6.45) is 8.59. The van der Waals surface area contributed by atoms with Crippen LogP contribution in [0, 0.1) is 0 Å². The van der Waals surface area contributed by atoms with Gasteiger partial charge in [-0.25, -0.2) is 4.98 Å². The van der Waals surface area contributed by atoms with E-state index in [0.29, 0.717) is 17.6 Å². The molecule has 5 nitrogen and oxygen atoms in total. The van der Waals surface area contributed by atoms with E-state index >= 15 is 0 Å². The lowest BCUT2D eigenvalue weighted by atomic mass is 9.80. The van der Waals surface area contributed by atoms with E-state index in [4.69, 9.17) is 4.74 Å². The van der Waals surface area contributed by atoms with Crippen molar-refractivity contribution in [3.05, 3.63) is 90.8 Å². The maximum absolute atomic E-state index is 9.39. The fourth-order valence-corrected chi connectivity index (χ4v) is 3.94. The number of para-hydroxylation sites is 1. The van der Waals surface area contributed by atoms with Crippen molar-refractivity contribution in [1.82, 2.24) is 9.55 Å². The van der Waals surface area contributed by atoms with E-state index in [1.54, 1.807) is 18.2 Å². The molecular formula is C23H19BN2O3. The molecule has 4 aromatic rings. The predicted octanol–water partition coefficient (Wildman–Crippen LogP) is 3.33. The molecule has 2 heterocycles. The van der Waals surface area contributed by atoms with Crippen molar-refractivity contribution in [2.75, 3.05) is 0 Å². The van der Waals surface area contributed by atoms with Gasteiger partial charge in [-0.1, -0.05) is 42.5 Å². The molecule has 1 aliphatic carbocycles. The normalized spacial score (nSPS) is 16.2. The number of pyridine rings is 1. The molecule has 1 unspecified atom stereocenters. The molecule has 142 valence electrons. The van der Waals surface area contributed by atoms with Gasteiger partial charge in [0.1, 0.15) is 17.2 Å². The molecule has 0 amide bonds. The van der Waals surface area contributed by atoms with Gasteiger partial charge in [0, 0.05) is 23.4 Å². The Balaban J connectivity index is 1.49. The second kappa shape index (κ2) is 7.24. The molecule has 5 rings (SSSR count). The number of nitrogens with zero attached hydrogens (tertiary/aromatic N) is 2. The summed E-state index contributed by atoms with van der Waals surface area (Å²) >= 11 is 0. The first-order valence-corrected chi connectivity index (χ1v) is 9.56. The van der Waals surface area contributed by atoms with Crippen molar-refractivity contribution in [3.8, 4) is 5.75 Å². The topological polar surface area (TPSA) is 67.5 Å². The molecule has 0 bridgehead atoms. The Hall–Kier alpha value is -3.35. The fourth-order valence-electron chi connectivity index (χ4n) is 3.94. The van der Waals surface area contributed by atoms with Crippen LogP contribution >= 0.6 is 0 Å². The van der Waals surface area contributed by atoms with Crippen LogP contribution in [0.4, 0.5) is 0 Å². The molecule has 0 radical (unpaired) electrons. The molecule has 6 heteroatoms. The lowest BCUT2D eigenvalue weighted by molar-refractivity contribution is 0.380. The molecule has 0 aliphatic heterocycles. The first-order chi connectivity index (χ1) is 14.2. The fraction of sp³-hybridized carbons (Fsp3) is 0.0870. The van der Waals surface area contributed by atoms with Crippen LogP contribution in [-0.4, -0.2) is 26.7 Å². The summed E-state index contributed by atoms with van der Waals surface area (Å²) in [6, 6.07) is 19.3. The maximum atomic E-state index is 9.39. The third kappa shape index (κ3) is 3.22. The van der Waals surface area contributed by atoms with E-state index in [1.165, 1.54) is 5.39 Å². The summed E-state index contributed by atoms with van der Waals surface area (Å²) in [4.78, 5) is 4.65. The zero-order chi connectivity index (χ0) is 19.8. The van der Waals surface area contributed by atoms with E-state index in [0.717, 1.165) is 22.3 Å². The summed E-state index contributed by atoms with van der Waals surface area (Å²) in [5.74, 6) is 1.39. The van der Waals surface area contributed by atoms with E-state index in [9.17, 15) is 10.0 Å². The summed E-state index contributed by atoms with van der Waals surface area (Å²) in [7, 11) is -1.52. The van der Waals surface area contributed by atoms with Crippen LogP contribution in [0.2, 0.25) is 0 Å². The quantitative estimate of drug-likeness (QED) is 0.532. The highest BCUT2D eigenvalue weighted by molar-refractivity contribution is 6.58. The lowest BCUT2D eigenvalue weighted by Crippen LogP contribution is -2.29. The monoisotopic (exact) mass is 382 g/mol. The van der Waals surface area contributed by atoms with Gasteiger partial charge >= 0.3 is 7.12 Å². The van der Waals surface area contributed by atoms with Gasteiger partial charge < -0.3 is 19.4 Å². The van der Waals surface area contributed by atoms with Crippen molar-refractivity contribution in [2.24, 2.45) is 0 Å². The first-order valence-electron chi connectivity index (χ1n) is 9.56. The molecule has 2 aromatic heterocycles. The van der Waals surface area contributed by atoms with Crippen LogP contribution in [0.5, 0.6) is 5.75 Å². The Morgan fingerprint density at radius 1 is 1.00 bits per heavy atom. The van der Waals surface area contributed by atoms with Crippen LogP contribution < -0.4 is 10.2 Å². The van der Waals surface area contributed by atoms with Gasteiger partial charge in [0.25, 0.3) is 0 Å². The molecule has 0 spiro atoms. The number of fused-ring (bicyclic) bond motifs is 3. The van der Waals surface area contributed by atoms with Crippen LogP contribution in [0.3, 0.4) is 0 Å². The molecule has 1 aliphatic rings. The summed E-state index contributed by atoms with van der Waals surface area (Å²) in [5.41, 5.74) is 2.50. The van der Waals surface area contributed by atoms with Crippen LogP contribution in [0.15, 0.2) is 90.8 Å². The SMILES string of the molecule is OB(O)c1cccc(OC2=CC=CC(n3c4ccccc4c4cccnc43)C2)c1. The van der Waals surface area contributed by atoms with Gasteiger partial charge in [-0.3, -0.25) is 0 Å². The van der Waals surface area contributed by atoms with Gasteiger partial charge in [0.05, 0.1) is 11.6 Å². The first kappa shape index (κ1) is 17.7. The molecular weight excluding hydrogens is 363 g/mol.